The summed E-state index contributed by atoms with van der Waals surface area (Å²) in [5.74, 6) is 0.317. The average molecular weight is 479 g/mol. The predicted octanol–water partition coefficient (Wildman–Crippen LogP) is 4.83. The smallest absolute Gasteiger partial charge is 0.410 e. The van der Waals surface area contributed by atoms with Gasteiger partial charge >= 0.3 is 6.09 Å². The summed E-state index contributed by atoms with van der Waals surface area (Å²) in [6, 6.07) is 19.0. The van der Waals surface area contributed by atoms with Crippen LogP contribution < -0.4 is 14.5 Å². The molecule has 0 radical (unpaired) electrons. The number of carbonyl (C=O) groups is 2. The Morgan fingerprint density at radius 2 is 1.53 bits per heavy atom. The highest BCUT2D eigenvalue weighted by atomic mass is 32.2. The maximum absolute atomic E-state index is 13.2. The number of benzene rings is 3. The second-order valence-corrected chi connectivity index (χ2v) is 10.5. The first-order chi connectivity index (χ1) is 16.0. The van der Waals surface area contributed by atoms with E-state index < -0.39 is 15.9 Å². The van der Waals surface area contributed by atoms with Crippen LogP contribution in [0, 0.1) is 6.92 Å². The minimum absolute atomic E-state index is 0.120. The molecular formula is C26H26N2O5S. The Hall–Kier alpha value is -3.65. The van der Waals surface area contributed by atoms with Crippen LogP contribution in [-0.4, -0.2) is 39.3 Å². The summed E-state index contributed by atoms with van der Waals surface area (Å²) in [5.41, 5.74) is 3.79. The van der Waals surface area contributed by atoms with Crippen LogP contribution in [0.2, 0.25) is 0 Å². The third-order valence-electron chi connectivity index (χ3n) is 5.81. The zero-order valence-electron chi connectivity index (χ0n) is 19.5. The Labute approximate surface area is 199 Å². The van der Waals surface area contributed by atoms with Gasteiger partial charge in [-0.25, -0.2) is 13.2 Å². The van der Waals surface area contributed by atoms with E-state index in [1.165, 1.54) is 11.8 Å². The topological polar surface area (TPSA) is 84.0 Å². The first-order valence-electron chi connectivity index (χ1n) is 10.8. The van der Waals surface area contributed by atoms with Crippen LogP contribution in [0.15, 0.2) is 71.6 Å². The molecule has 2 amide bonds. The van der Waals surface area contributed by atoms with E-state index in [-0.39, 0.29) is 23.4 Å². The predicted molar refractivity (Wildman–Crippen MR) is 132 cm³/mol. The van der Waals surface area contributed by atoms with Crippen LogP contribution in [0.3, 0.4) is 0 Å². The molecule has 7 nitrogen and oxygen atoms in total. The molecule has 1 aliphatic heterocycles. The van der Waals surface area contributed by atoms with E-state index in [0.717, 1.165) is 22.9 Å². The summed E-state index contributed by atoms with van der Waals surface area (Å²) in [7, 11) is -3.31. The van der Waals surface area contributed by atoms with E-state index in [4.69, 9.17) is 4.74 Å². The van der Waals surface area contributed by atoms with Crippen LogP contribution in [0.5, 0.6) is 5.75 Å². The normalized spacial score (nSPS) is 15.6. The van der Waals surface area contributed by atoms with E-state index >= 15 is 0 Å². The van der Waals surface area contributed by atoms with Gasteiger partial charge in [-0.1, -0.05) is 35.9 Å². The molecule has 0 bridgehead atoms. The summed E-state index contributed by atoms with van der Waals surface area (Å²) in [5, 5.41) is 0. The van der Waals surface area contributed by atoms with Crippen molar-refractivity contribution in [3.8, 4) is 16.9 Å². The average Bonchev–Trinajstić information content (AvgIpc) is 2.79. The molecule has 0 spiro atoms. The van der Waals surface area contributed by atoms with Gasteiger partial charge in [-0.3, -0.25) is 9.69 Å². The Morgan fingerprint density at radius 3 is 2.12 bits per heavy atom. The van der Waals surface area contributed by atoms with E-state index in [2.05, 4.69) is 0 Å². The summed E-state index contributed by atoms with van der Waals surface area (Å²) in [6.07, 6.45) is 0.625. The number of carbonyl (C=O) groups excluding carboxylic acids is 2. The van der Waals surface area contributed by atoms with E-state index in [1.54, 1.807) is 47.4 Å². The molecule has 0 N–H and O–H groups in total. The monoisotopic (exact) mass is 478 g/mol. The summed E-state index contributed by atoms with van der Waals surface area (Å²) in [6.45, 7) is 5.61. The van der Waals surface area contributed by atoms with E-state index in [1.807, 2.05) is 38.1 Å². The Bertz CT molecular complexity index is 1350. The SMILES string of the molecule is CC(=O)N1c2ccc(-c3ccc(S(C)(=O)=O)cc3)cc2N(C(=O)Oc2ccc(C)cc2)C[C@@H]1C. The molecule has 176 valence electrons. The fourth-order valence-electron chi connectivity index (χ4n) is 4.11. The minimum atomic E-state index is -3.31. The number of sulfone groups is 1. The number of fused-ring (bicyclic) bond motifs is 1. The maximum Gasteiger partial charge on any atom is 0.419 e. The number of nitrogens with zero attached hydrogens (tertiary/aromatic N) is 2. The van der Waals surface area contributed by atoms with Crippen molar-refractivity contribution in [2.45, 2.75) is 31.7 Å². The highest BCUT2D eigenvalue weighted by Crippen LogP contribution is 2.39. The highest BCUT2D eigenvalue weighted by molar-refractivity contribution is 7.90. The van der Waals surface area contributed by atoms with Gasteiger partial charge in [0.2, 0.25) is 5.91 Å². The summed E-state index contributed by atoms with van der Waals surface area (Å²) >= 11 is 0. The van der Waals surface area contributed by atoms with Gasteiger partial charge in [0.05, 0.1) is 22.3 Å². The Morgan fingerprint density at radius 1 is 0.912 bits per heavy atom. The summed E-state index contributed by atoms with van der Waals surface area (Å²) < 4.78 is 29.2. The number of hydrogen-bond acceptors (Lipinski definition) is 5. The zero-order valence-corrected chi connectivity index (χ0v) is 20.3. The summed E-state index contributed by atoms with van der Waals surface area (Å²) in [4.78, 5) is 29.0. The van der Waals surface area contributed by atoms with Gasteiger partial charge in [-0.2, -0.15) is 0 Å². The lowest BCUT2D eigenvalue weighted by Crippen LogP contribution is -2.52. The van der Waals surface area contributed by atoms with Crippen molar-refractivity contribution in [2.24, 2.45) is 0 Å². The van der Waals surface area contributed by atoms with Crippen molar-refractivity contribution in [1.29, 1.82) is 0 Å². The lowest BCUT2D eigenvalue weighted by Gasteiger charge is -2.40. The number of hydrogen-bond donors (Lipinski definition) is 0. The van der Waals surface area contributed by atoms with Gasteiger partial charge in [0.15, 0.2) is 9.84 Å². The number of ether oxygens (including phenoxy) is 1. The number of aryl methyl sites for hydroxylation is 1. The van der Waals surface area contributed by atoms with Crippen LogP contribution in [0.25, 0.3) is 11.1 Å². The van der Waals surface area contributed by atoms with Crippen molar-refractivity contribution in [1.82, 2.24) is 0 Å². The molecule has 3 aromatic rings. The fraction of sp³-hybridized carbons (Fsp3) is 0.231. The van der Waals surface area contributed by atoms with E-state index in [9.17, 15) is 18.0 Å². The lowest BCUT2D eigenvalue weighted by molar-refractivity contribution is -0.117. The Balaban J connectivity index is 1.74. The molecule has 0 unspecified atom stereocenters. The molecule has 0 saturated heterocycles. The first-order valence-corrected chi connectivity index (χ1v) is 12.7. The molecule has 0 fully saturated rings. The molecule has 4 rings (SSSR count). The zero-order chi connectivity index (χ0) is 24.6. The van der Waals surface area contributed by atoms with Crippen molar-refractivity contribution >= 4 is 33.2 Å². The van der Waals surface area contributed by atoms with Gasteiger partial charge < -0.3 is 9.64 Å². The number of anilines is 2. The van der Waals surface area contributed by atoms with Gasteiger partial charge in [0.25, 0.3) is 0 Å². The van der Waals surface area contributed by atoms with Crippen molar-refractivity contribution in [3.05, 3.63) is 72.3 Å². The standard InChI is InChI=1S/C26H26N2O5S/c1-17-5-10-22(11-6-17)33-26(30)27-16-18(2)28(19(3)29)24-14-9-21(15-25(24)27)20-7-12-23(13-8-20)34(4,31)32/h5-15,18H,16H2,1-4H3/t18-/m0/s1. The number of amides is 2. The molecule has 34 heavy (non-hydrogen) atoms. The lowest BCUT2D eigenvalue weighted by atomic mass is 10.0. The van der Waals surface area contributed by atoms with Gasteiger partial charge in [0.1, 0.15) is 5.75 Å². The van der Waals surface area contributed by atoms with Crippen LogP contribution in [-0.2, 0) is 14.6 Å². The van der Waals surface area contributed by atoms with Gasteiger partial charge in [-0.05, 0) is 61.4 Å². The van der Waals surface area contributed by atoms with Crippen LogP contribution >= 0.6 is 0 Å². The van der Waals surface area contributed by atoms with Crippen molar-refractivity contribution in [3.63, 3.8) is 0 Å². The molecule has 0 saturated carbocycles. The van der Waals surface area contributed by atoms with Crippen molar-refractivity contribution < 1.29 is 22.7 Å². The van der Waals surface area contributed by atoms with Gasteiger partial charge in [-0.15, -0.1) is 0 Å². The molecule has 1 atom stereocenters. The molecule has 8 heteroatoms. The number of rotatable bonds is 3. The molecule has 1 heterocycles. The third kappa shape index (κ3) is 4.68. The van der Waals surface area contributed by atoms with Crippen LogP contribution in [0.4, 0.5) is 16.2 Å². The largest absolute Gasteiger partial charge is 0.419 e. The molecule has 1 aliphatic rings. The first kappa shape index (κ1) is 23.5. The second-order valence-electron chi connectivity index (χ2n) is 8.53. The van der Waals surface area contributed by atoms with Crippen molar-refractivity contribution in [2.75, 3.05) is 22.6 Å². The second kappa shape index (κ2) is 8.95. The minimum Gasteiger partial charge on any atom is -0.410 e. The molecule has 0 aliphatic carbocycles. The highest BCUT2D eigenvalue weighted by Gasteiger charge is 2.34. The Kier molecular flexibility index (Phi) is 6.18. The fourth-order valence-corrected chi connectivity index (χ4v) is 4.74. The van der Waals surface area contributed by atoms with Crippen LogP contribution in [0.1, 0.15) is 19.4 Å². The molecule has 3 aromatic carbocycles. The molecular weight excluding hydrogens is 452 g/mol. The van der Waals surface area contributed by atoms with E-state index in [0.29, 0.717) is 17.1 Å². The molecule has 0 aromatic heterocycles. The quantitative estimate of drug-likeness (QED) is 0.539. The van der Waals surface area contributed by atoms with Gasteiger partial charge in [0, 0.05) is 19.7 Å². The maximum atomic E-state index is 13.2. The third-order valence-corrected chi connectivity index (χ3v) is 6.94.